The Bertz CT molecular complexity index is 1440. The van der Waals surface area contributed by atoms with Gasteiger partial charge in [0.1, 0.15) is 11.7 Å². The van der Waals surface area contributed by atoms with Crippen molar-refractivity contribution in [3.63, 3.8) is 0 Å². The average molecular weight is 620 g/mol. The van der Waals surface area contributed by atoms with Gasteiger partial charge in [-0.15, -0.1) is 0 Å². The van der Waals surface area contributed by atoms with E-state index in [-0.39, 0.29) is 52.9 Å². The van der Waals surface area contributed by atoms with Crippen LogP contribution in [-0.2, 0) is 14.4 Å². The molecule has 1 aliphatic heterocycles. The molecule has 0 aromatic rings. The Morgan fingerprint density at radius 3 is 2.27 bits per heavy atom. The number of rotatable bonds is 3. The third-order valence-corrected chi connectivity index (χ3v) is 14.6. The third kappa shape index (κ3) is 4.36. The normalized spacial score (nSPS) is 46.4. The van der Waals surface area contributed by atoms with Crippen LogP contribution in [0.5, 0.6) is 0 Å². The monoisotopic (exact) mass is 619 g/mol. The summed E-state index contributed by atoms with van der Waals surface area (Å²) in [6.45, 7) is 16.3. The summed E-state index contributed by atoms with van der Waals surface area (Å²) >= 11 is 0. The zero-order valence-corrected chi connectivity index (χ0v) is 28.4. The molecule has 0 spiro atoms. The van der Waals surface area contributed by atoms with E-state index in [4.69, 9.17) is 0 Å². The van der Waals surface area contributed by atoms with Gasteiger partial charge in [-0.2, -0.15) is 5.26 Å². The molecular formula is C37H53N3O5. The molecule has 8 atom stereocenters. The molecule has 6 aliphatic rings. The van der Waals surface area contributed by atoms with E-state index < -0.39 is 32.8 Å². The van der Waals surface area contributed by atoms with Crippen molar-refractivity contribution in [3.8, 4) is 6.07 Å². The highest BCUT2D eigenvalue weighted by Crippen LogP contribution is 2.75. The summed E-state index contributed by atoms with van der Waals surface area (Å²) in [7, 11) is 0. The summed E-state index contributed by atoms with van der Waals surface area (Å²) < 4.78 is 0. The average Bonchev–Trinajstić information content (AvgIpc) is 2.96. The van der Waals surface area contributed by atoms with E-state index >= 15 is 0 Å². The molecule has 6 rings (SSSR count). The van der Waals surface area contributed by atoms with Gasteiger partial charge in [-0.1, -0.05) is 47.6 Å². The lowest BCUT2D eigenvalue weighted by molar-refractivity contribution is -0.240. The molecule has 8 heteroatoms. The summed E-state index contributed by atoms with van der Waals surface area (Å²) in [6.07, 6.45) is 9.83. The molecule has 1 saturated heterocycles. The summed E-state index contributed by atoms with van der Waals surface area (Å²) in [4.78, 5) is 43.4. The van der Waals surface area contributed by atoms with Gasteiger partial charge in [0, 0.05) is 40.8 Å². The molecule has 3 saturated carbocycles. The fourth-order valence-electron chi connectivity index (χ4n) is 11.5. The van der Waals surface area contributed by atoms with Crippen LogP contribution in [0.25, 0.3) is 0 Å². The van der Waals surface area contributed by atoms with Crippen molar-refractivity contribution in [2.45, 2.75) is 123 Å². The molecule has 45 heavy (non-hydrogen) atoms. The van der Waals surface area contributed by atoms with E-state index in [0.29, 0.717) is 38.8 Å². The summed E-state index contributed by atoms with van der Waals surface area (Å²) in [5, 5.41) is 36.2. The number of piperidine rings is 1. The minimum absolute atomic E-state index is 0.0482. The van der Waals surface area contributed by atoms with Crippen molar-refractivity contribution in [2.75, 3.05) is 19.6 Å². The molecule has 4 fully saturated rings. The van der Waals surface area contributed by atoms with Crippen LogP contribution in [-0.4, -0.2) is 69.5 Å². The number of nitrogens with zero attached hydrogens (tertiary/aromatic N) is 2. The lowest BCUT2D eigenvalue weighted by atomic mass is 9.33. The number of ketones is 2. The van der Waals surface area contributed by atoms with E-state index in [9.17, 15) is 29.9 Å². The van der Waals surface area contributed by atoms with Crippen LogP contribution >= 0.6 is 0 Å². The van der Waals surface area contributed by atoms with Gasteiger partial charge in [0.25, 0.3) is 0 Å². The minimum atomic E-state index is -1.61. The molecule has 5 aliphatic carbocycles. The number of aliphatic hydroxyl groups is 2. The second-order valence-electron chi connectivity index (χ2n) is 17.5. The van der Waals surface area contributed by atoms with Gasteiger partial charge in [0.2, 0.25) is 5.91 Å². The van der Waals surface area contributed by atoms with Crippen LogP contribution in [0.3, 0.4) is 0 Å². The van der Waals surface area contributed by atoms with Gasteiger partial charge in [-0.3, -0.25) is 19.3 Å². The van der Waals surface area contributed by atoms with Crippen LogP contribution in [0.4, 0.5) is 0 Å². The maximum absolute atomic E-state index is 14.7. The SMILES string of the molecule is CC1(C)C(=O)C(C#N)=C[C@]2(C)C3=CC(=O)[C@]4(O)[C@@H]5C[C@@](C)(NC(=O)CN6CCC(O)CC6)CC[C@]5(C)CC[C@@]4(C)[C@]3(C)CC[C@@H]12. The molecule has 246 valence electrons. The van der Waals surface area contributed by atoms with Crippen molar-refractivity contribution >= 4 is 17.5 Å². The zero-order valence-electron chi connectivity index (χ0n) is 28.4. The first-order chi connectivity index (χ1) is 20.8. The van der Waals surface area contributed by atoms with Gasteiger partial charge in [-0.25, -0.2) is 0 Å². The minimum Gasteiger partial charge on any atom is -0.393 e. The molecule has 0 unspecified atom stereocenters. The van der Waals surface area contributed by atoms with E-state index in [1.165, 1.54) is 0 Å². The number of carbonyl (C=O) groups excluding carboxylic acids is 3. The number of hydrogen-bond acceptors (Lipinski definition) is 7. The Kier molecular flexibility index (Phi) is 7.30. The quantitative estimate of drug-likeness (QED) is 0.419. The lowest BCUT2D eigenvalue weighted by Gasteiger charge is -2.71. The highest BCUT2D eigenvalue weighted by molar-refractivity contribution is 6.05. The fourth-order valence-corrected chi connectivity index (χ4v) is 11.5. The molecule has 0 radical (unpaired) electrons. The number of carbonyl (C=O) groups is 3. The van der Waals surface area contributed by atoms with E-state index in [1.807, 2.05) is 19.9 Å². The Morgan fingerprint density at radius 1 is 0.978 bits per heavy atom. The molecule has 0 aromatic carbocycles. The lowest BCUT2D eigenvalue weighted by Crippen LogP contribution is -2.74. The summed E-state index contributed by atoms with van der Waals surface area (Å²) in [6, 6.07) is 2.16. The number of nitrogens with one attached hydrogen (secondary N) is 1. The van der Waals surface area contributed by atoms with Gasteiger partial charge < -0.3 is 15.5 Å². The maximum Gasteiger partial charge on any atom is 0.234 e. The van der Waals surface area contributed by atoms with Crippen LogP contribution < -0.4 is 5.32 Å². The number of hydrogen-bond donors (Lipinski definition) is 3. The predicted octanol–water partition coefficient (Wildman–Crippen LogP) is 4.65. The molecular weight excluding hydrogens is 566 g/mol. The molecule has 1 amide bonds. The molecule has 3 N–H and O–H groups in total. The number of amides is 1. The zero-order chi connectivity index (χ0) is 33.0. The Balaban J connectivity index is 1.36. The molecule has 8 nitrogen and oxygen atoms in total. The van der Waals surface area contributed by atoms with Crippen molar-refractivity contribution in [3.05, 3.63) is 23.3 Å². The largest absolute Gasteiger partial charge is 0.393 e. The van der Waals surface area contributed by atoms with Gasteiger partial charge in [-0.05, 0) is 93.1 Å². The number of Topliss-reactive ketones (excluding diaryl/α,β-unsaturated/α-hetero) is 1. The Labute approximate surface area is 268 Å². The Morgan fingerprint density at radius 2 is 1.62 bits per heavy atom. The van der Waals surface area contributed by atoms with Crippen LogP contribution in [0.2, 0.25) is 0 Å². The highest BCUT2D eigenvalue weighted by Gasteiger charge is 2.75. The van der Waals surface area contributed by atoms with E-state index in [1.54, 1.807) is 6.08 Å². The van der Waals surface area contributed by atoms with Crippen LogP contribution in [0.1, 0.15) is 106 Å². The smallest absolute Gasteiger partial charge is 0.234 e. The Hall–Kier alpha value is -2.34. The number of nitriles is 1. The second kappa shape index (κ2) is 10.1. The molecule has 0 bridgehead atoms. The van der Waals surface area contributed by atoms with Gasteiger partial charge >= 0.3 is 0 Å². The van der Waals surface area contributed by atoms with Crippen molar-refractivity contribution in [1.29, 1.82) is 5.26 Å². The second-order valence-corrected chi connectivity index (χ2v) is 17.5. The number of fused-ring (bicyclic) bond motifs is 7. The molecule has 1 heterocycles. The topological polar surface area (TPSA) is 131 Å². The first kappa shape index (κ1) is 32.6. The molecule has 0 aromatic heterocycles. The number of aliphatic hydroxyl groups excluding tert-OH is 1. The first-order valence-electron chi connectivity index (χ1n) is 17.2. The fraction of sp³-hybridized carbons (Fsp3) is 0.784. The van der Waals surface area contributed by atoms with Crippen LogP contribution in [0.15, 0.2) is 23.3 Å². The van der Waals surface area contributed by atoms with Crippen molar-refractivity contribution < 1.29 is 24.6 Å². The van der Waals surface area contributed by atoms with Gasteiger partial charge in [0.15, 0.2) is 11.6 Å². The van der Waals surface area contributed by atoms with Crippen molar-refractivity contribution in [2.24, 2.45) is 38.9 Å². The van der Waals surface area contributed by atoms with Gasteiger partial charge in [0.05, 0.1) is 18.2 Å². The summed E-state index contributed by atoms with van der Waals surface area (Å²) in [5.74, 6) is -0.833. The first-order valence-corrected chi connectivity index (χ1v) is 17.2. The van der Waals surface area contributed by atoms with Crippen molar-refractivity contribution in [1.82, 2.24) is 10.2 Å². The van der Waals surface area contributed by atoms with E-state index in [0.717, 1.165) is 37.7 Å². The maximum atomic E-state index is 14.7. The number of likely N-dealkylation sites (tertiary alicyclic amines) is 1. The highest BCUT2D eigenvalue weighted by atomic mass is 16.3. The third-order valence-electron chi connectivity index (χ3n) is 14.6. The predicted molar refractivity (Wildman–Crippen MR) is 170 cm³/mol. The summed E-state index contributed by atoms with van der Waals surface area (Å²) in [5.41, 5.74) is -3.97. The number of allylic oxidation sites excluding steroid dienone is 3. The van der Waals surface area contributed by atoms with Crippen LogP contribution in [0, 0.1) is 50.2 Å². The standard InChI is InChI=1S/C37H53N3O5/c1-31(2)25-8-11-35(6)26(34(25,5)19-23(21-38)30(31)44)18-28(42)37(45)27-20-33(4,14-12-32(27,3)13-15-36(35,37)7)39-29(43)22-40-16-9-24(41)10-17-40/h18-19,24-25,27,41,45H,8-17,20,22H2,1-7H3,(H,39,43)/t25-,27+,32+,33-,34-,35+,36-,37+/m0/s1. The van der Waals surface area contributed by atoms with E-state index in [2.05, 4.69) is 50.9 Å².